The molecule has 0 heterocycles. The Bertz CT molecular complexity index is 407. The predicted molar refractivity (Wildman–Crippen MR) is 59.8 cm³/mol. The maximum atomic E-state index is 13.3. The molecule has 0 aliphatic carbocycles. The highest BCUT2D eigenvalue weighted by molar-refractivity contribution is 5.73. The van der Waals surface area contributed by atoms with Crippen LogP contribution < -0.4 is 0 Å². The molecule has 0 amide bonds. The van der Waals surface area contributed by atoms with Crippen molar-refractivity contribution in [1.82, 2.24) is 4.90 Å². The number of rotatable bonds is 5. The van der Waals surface area contributed by atoms with Gasteiger partial charge in [0.25, 0.3) is 0 Å². The molecule has 0 bridgehead atoms. The molecular weight excluding hydrogens is 228 g/mol. The van der Waals surface area contributed by atoms with Crippen molar-refractivity contribution in [3.05, 3.63) is 35.4 Å². The van der Waals surface area contributed by atoms with Crippen LogP contribution in [0.25, 0.3) is 0 Å². The molecular formula is C12H15F2NO2. The zero-order chi connectivity index (χ0) is 13.0. The maximum absolute atomic E-state index is 13.3. The Balaban J connectivity index is 2.69. The molecule has 1 rings (SSSR count). The van der Waals surface area contributed by atoms with Gasteiger partial charge < -0.3 is 5.11 Å². The quantitative estimate of drug-likeness (QED) is 0.858. The van der Waals surface area contributed by atoms with E-state index in [4.69, 9.17) is 5.11 Å². The van der Waals surface area contributed by atoms with E-state index >= 15 is 0 Å². The molecule has 17 heavy (non-hydrogen) atoms. The van der Waals surface area contributed by atoms with Crippen molar-refractivity contribution in [3.63, 3.8) is 0 Å². The van der Waals surface area contributed by atoms with Crippen molar-refractivity contribution in [2.75, 3.05) is 14.1 Å². The van der Waals surface area contributed by atoms with Crippen LogP contribution in [0.4, 0.5) is 8.78 Å². The summed E-state index contributed by atoms with van der Waals surface area (Å²) in [6.07, 6.45) is 0.548. The van der Waals surface area contributed by atoms with Gasteiger partial charge in [0.05, 0.1) is 0 Å². The summed E-state index contributed by atoms with van der Waals surface area (Å²) in [7, 11) is 3.31. The molecule has 1 atom stereocenters. The van der Waals surface area contributed by atoms with E-state index in [9.17, 15) is 13.6 Å². The van der Waals surface area contributed by atoms with Gasteiger partial charge in [-0.2, -0.15) is 0 Å². The molecule has 0 aliphatic heterocycles. The molecule has 0 saturated carbocycles. The minimum absolute atomic E-state index is 0.265. The van der Waals surface area contributed by atoms with E-state index in [-0.39, 0.29) is 12.8 Å². The molecule has 0 radical (unpaired) electrons. The Morgan fingerprint density at radius 1 is 1.41 bits per heavy atom. The number of halogens is 2. The van der Waals surface area contributed by atoms with Crippen LogP contribution >= 0.6 is 0 Å². The first kappa shape index (κ1) is 13.6. The second-order valence-corrected chi connectivity index (χ2v) is 4.09. The van der Waals surface area contributed by atoms with Gasteiger partial charge in [0, 0.05) is 6.07 Å². The zero-order valence-corrected chi connectivity index (χ0v) is 9.78. The lowest BCUT2D eigenvalue weighted by molar-refractivity contribution is -0.142. The van der Waals surface area contributed by atoms with Gasteiger partial charge in [-0.25, -0.2) is 8.78 Å². The van der Waals surface area contributed by atoms with Crippen LogP contribution in [0.5, 0.6) is 0 Å². The number of aliphatic carboxylic acids is 1. The number of carboxylic acid groups (broad SMARTS) is 1. The lowest BCUT2D eigenvalue weighted by Gasteiger charge is -2.19. The fraction of sp³-hybridized carbons (Fsp3) is 0.417. The molecule has 0 saturated heterocycles. The van der Waals surface area contributed by atoms with Crippen LogP contribution in [-0.4, -0.2) is 36.1 Å². The van der Waals surface area contributed by atoms with E-state index in [2.05, 4.69) is 0 Å². The topological polar surface area (TPSA) is 40.5 Å². The smallest absolute Gasteiger partial charge is 0.320 e. The third-order valence-electron chi connectivity index (χ3n) is 2.61. The SMILES string of the molecule is CN(C)C(CCc1ccc(F)cc1F)C(=O)O. The lowest BCUT2D eigenvalue weighted by Crippen LogP contribution is -2.36. The summed E-state index contributed by atoms with van der Waals surface area (Å²) in [5.74, 6) is -2.21. The monoisotopic (exact) mass is 243 g/mol. The van der Waals surface area contributed by atoms with Gasteiger partial charge in [0.2, 0.25) is 0 Å². The van der Waals surface area contributed by atoms with E-state index in [0.717, 1.165) is 6.07 Å². The number of likely N-dealkylation sites (N-methyl/N-ethyl adjacent to an activating group) is 1. The van der Waals surface area contributed by atoms with Gasteiger partial charge in [-0.1, -0.05) is 6.07 Å². The fourth-order valence-electron chi connectivity index (χ4n) is 1.62. The minimum atomic E-state index is -0.947. The third-order valence-corrected chi connectivity index (χ3v) is 2.61. The highest BCUT2D eigenvalue weighted by Gasteiger charge is 2.20. The summed E-state index contributed by atoms with van der Waals surface area (Å²) in [5.41, 5.74) is 0.333. The third kappa shape index (κ3) is 3.78. The largest absolute Gasteiger partial charge is 0.480 e. The van der Waals surface area contributed by atoms with E-state index in [1.165, 1.54) is 12.1 Å². The van der Waals surface area contributed by atoms with E-state index in [1.807, 2.05) is 0 Å². The molecule has 1 aromatic rings. The van der Waals surface area contributed by atoms with Gasteiger partial charge >= 0.3 is 5.97 Å². The normalized spacial score (nSPS) is 12.8. The molecule has 1 N–H and O–H groups in total. The Labute approximate surface area is 98.7 Å². The van der Waals surface area contributed by atoms with Crippen molar-refractivity contribution in [3.8, 4) is 0 Å². The average molecular weight is 243 g/mol. The average Bonchev–Trinajstić information content (AvgIpc) is 2.20. The van der Waals surface area contributed by atoms with Gasteiger partial charge in [-0.05, 0) is 38.6 Å². The first-order valence-corrected chi connectivity index (χ1v) is 5.25. The summed E-state index contributed by atoms with van der Waals surface area (Å²) >= 11 is 0. The van der Waals surface area contributed by atoms with Crippen molar-refractivity contribution in [2.24, 2.45) is 0 Å². The highest BCUT2D eigenvalue weighted by Crippen LogP contribution is 2.13. The van der Waals surface area contributed by atoms with Crippen molar-refractivity contribution in [1.29, 1.82) is 0 Å². The second-order valence-electron chi connectivity index (χ2n) is 4.09. The maximum Gasteiger partial charge on any atom is 0.320 e. The van der Waals surface area contributed by atoms with E-state index < -0.39 is 23.6 Å². The Morgan fingerprint density at radius 2 is 2.06 bits per heavy atom. The zero-order valence-electron chi connectivity index (χ0n) is 9.78. The molecule has 0 aromatic heterocycles. The molecule has 0 aliphatic rings. The van der Waals surface area contributed by atoms with E-state index in [1.54, 1.807) is 19.0 Å². The Morgan fingerprint density at radius 3 is 2.53 bits per heavy atom. The fourth-order valence-corrected chi connectivity index (χ4v) is 1.62. The van der Waals surface area contributed by atoms with Crippen LogP contribution in [0.3, 0.4) is 0 Å². The van der Waals surface area contributed by atoms with E-state index in [0.29, 0.717) is 5.56 Å². The highest BCUT2D eigenvalue weighted by atomic mass is 19.1. The van der Waals surface area contributed by atoms with Gasteiger partial charge in [0.1, 0.15) is 17.7 Å². The predicted octanol–water partition coefficient (Wildman–Crippen LogP) is 1.91. The number of carbonyl (C=O) groups is 1. The summed E-state index contributed by atoms with van der Waals surface area (Å²) in [5, 5.41) is 8.94. The Hall–Kier alpha value is -1.49. The summed E-state index contributed by atoms with van der Waals surface area (Å²) in [6.45, 7) is 0. The van der Waals surface area contributed by atoms with Crippen molar-refractivity contribution >= 4 is 5.97 Å². The van der Waals surface area contributed by atoms with Crippen LogP contribution in [0, 0.1) is 11.6 Å². The number of hydrogen-bond donors (Lipinski definition) is 1. The molecule has 0 spiro atoms. The molecule has 3 nitrogen and oxygen atoms in total. The number of hydrogen-bond acceptors (Lipinski definition) is 2. The summed E-state index contributed by atoms with van der Waals surface area (Å²) < 4.78 is 26.0. The summed E-state index contributed by atoms with van der Waals surface area (Å²) in [6, 6.07) is 2.66. The minimum Gasteiger partial charge on any atom is -0.480 e. The first-order chi connectivity index (χ1) is 7.91. The lowest BCUT2D eigenvalue weighted by atomic mass is 10.0. The standard InChI is InChI=1S/C12H15F2NO2/c1-15(2)11(12(16)17)6-4-8-3-5-9(13)7-10(8)14/h3,5,7,11H,4,6H2,1-2H3,(H,16,17). The van der Waals surface area contributed by atoms with Crippen LogP contribution in [-0.2, 0) is 11.2 Å². The van der Waals surface area contributed by atoms with Crippen LogP contribution in [0.2, 0.25) is 0 Å². The second kappa shape index (κ2) is 5.72. The summed E-state index contributed by atoms with van der Waals surface area (Å²) in [4.78, 5) is 12.5. The molecule has 1 unspecified atom stereocenters. The first-order valence-electron chi connectivity index (χ1n) is 5.25. The van der Waals surface area contributed by atoms with Gasteiger partial charge in [0.15, 0.2) is 0 Å². The number of benzene rings is 1. The van der Waals surface area contributed by atoms with Crippen LogP contribution in [0.15, 0.2) is 18.2 Å². The van der Waals surface area contributed by atoms with Crippen LogP contribution in [0.1, 0.15) is 12.0 Å². The number of aryl methyl sites for hydroxylation is 1. The molecule has 0 fully saturated rings. The van der Waals surface area contributed by atoms with Gasteiger partial charge in [-0.3, -0.25) is 9.69 Å². The Kier molecular flexibility index (Phi) is 4.57. The molecule has 1 aromatic carbocycles. The number of nitrogens with zero attached hydrogens (tertiary/aromatic N) is 1. The van der Waals surface area contributed by atoms with Crippen molar-refractivity contribution < 1.29 is 18.7 Å². The molecule has 94 valence electrons. The van der Waals surface area contributed by atoms with Gasteiger partial charge in [-0.15, -0.1) is 0 Å². The van der Waals surface area contributed by atoms with Crippen molar-refractivity contribution in [2.45, 2.75) is 18.9 Å². The number of carboxylic acids is 1. The molecule has 5 heteroatoms.